The summed E-state index contributed by atoms with van der Waals surface area (Å²) >= 11 is 1.35. The van der Waals surface area contributed by atoms with Crippen molar-refractivity contribution in [3.63, 3.8) is 0 Å². The summed E-state index contributed by atoms with van der Waals surface area (Å²) in [6.07, 6.45) is 1.53. The Hall–Kier alpha value is -3.13. The molecule has 2 aromatic carbocycles. The number of amides is 1. The molecule has 31 heavy (non-hydrogen) atoms. The zero-order valence-electron chi connectivity index (χ0n) is 18.2. The molecule has 7 nitrogen and oxygen atoms in total. The number of phenols is 1. The normalized spacial score (nSPS) is 11.7. The van der Waals surface area contributed by atoms with Gasteiger partial charge in [-0.25, -0.2) is 9.99 Å². The highest BCUT2D eigenvalue weighted by Gasteiger charge is 2.22. The molecule has 3 rings (SSSR count). The summed E-state index contributed by atoms with van der Waals surface area (Å²) in [5, 5.41) is 21.5. The third kappa shape index (κ3) is 5.95. The smallest absolute Gasteiger partial charge is 0.337 e. The predicted molar refractivity (Wildman–Crippen MR) is 123 cm³/mol. The predicted octanol–water partition coefficient (Wildman–Crippen LogP) is 3.63. The van der Waals surface area contributed by atoms with E-state index in [1.165, 1.54) is 23.5 Å². The van der Waals surface area contributed by atoms with Gasteiger partial charge in [-0.3, -0.25) is 4.79 Å². The zero-order valence-corrected chi connectivity index (χ0v) is 19.0. The molecule has 0 spiro atoms. The summed E-state index contributed by atoms with van der Waals surface area (Å²) in [7, 11) is 0. The number of thioether (sulfide) groups is 1. The lowest BCUT2D eigenvalue weighted by Crippen LogP contribution is -2.36. The van der Waals surface area contributed by atoms with Crippen molar-refractivity contribution in [2.45, 2.75) is 44.8 Å². The Balaban J connectivity index is 1.61. The third-order valence-corrected chi connectivity index (χ3v) is 5.70. The Labute approximate surface area is 186 Å². The number of aromatic nitrogens is 3. The fraction of sp³-hybridized carbons (Fsp3) is 0.304. The Bertz CT molecular complexity index is 1050. The molecule has 0 unspecified atom stereocenters. The van der Waals surface area contributed by atoms with E-state index in [0.717, 1.165) is 28.7 Å². The van der Waals surface area contributed by atoms with Crippen LogP contribution in [0.3, 0.4) is 0 Å². The van der Waals surface area contributed by atoms with Crippen molar-refractivity contribution < 1.29 is 14.5 Å². The minimum absolute atomic E-state index is 0.104. The van der Waals surface area contributed by atoms with E-state index >= 15 is 0 Å². The van der Waals surface area contributed by atoms with E-state index in [1.807, 2.05) is 0 Å². The number of aromatic hydroxyl groups is 1. The van der Waals surface area contributed by atoms with Crippen molar-refractivity contribution in [1.29, 1.82) is 0 Å². The molecule has 0 aliphatic rings. The minimum Gasteiger partial charge on any atom is -0.508 e. The van der Waals surface area contributed by atoms with E-state index in [1.54, 1.807) is 24.3 Å². The lowest BCUT2D eigenvalue weighted by atomic mass is 9.87. The molecule has 0 aliphatic heterocycles. The lowest BCUT2D eigenvalue weighted by molar-refractivity contribution is -0.719. The first-order valence-electron chi connectivity index (χ1n) is 10.1. The van der Waals surface area contributed by atoms with Crippen molar-refractivity contribution in [3.8, 4) is 17.1 Å². The average Bonchev–Trinajstić information content (AvgIpc) is 3.16. The van der Waals surface area contributed by atoms with Gasteiger partial charge in [0, 0.05) is 0 Å². The second-order valence-electron chi connectivity index (χ2n) is 8.10. The molecule has 0 saturated heterocycles. The first-order valence-corrected chi connectivity index (χ1v) is 11.1. The summed E-state index contributed by atoms with van der Waals surface area (Å²) in [6, 6.07) is 15.0. The molecule has 0 atom stereocenters. The molecule has 1 aromatic heterocycles. The number of benzene rings is 2. The van der Waals surface area contributed by atoms with E-state index in [0.29, 0.717) is 0 Å². The summed E-state index contributed by atoms with van der Waals surface area (Å²) in [5.74, 6) is 1.07. The fourth-order valence-electron chi connectivity index (χ4n) is 2.97. The van der Waals surface area contributed by atoms with Crippen LogP contribution in [0.1, 0.15) is 38.8 Å². The molecular weight excluding hydrogens is 410 g/mol. The van der Waals surface area contributed by atoms with Crippen molar-refractivity contribution in [3.05, 3.63) is 59.7 Å². The highest BCUT2D eigenvalue weighted by atomic mass is 32.2. The Morgan fingerprint density at radius 1 is 1.19 bits per heavy atom. The first-order chi connectivity index (χ1) is 14.8. The number of carbonyl (C=O) groups excluding carboxylic acids is 1. The summed E-state index contributed by atoms with van der Waals surface area (Å²) < 4.78 is 2.06. The van der Waals surface area contributed by atoms with Gasteiger partial charge in [0.05, 0.1) is 29.2 Å². The quantitative estimate of drug-likeness (QED) is 0.227. The second kappa shape index (κ2) is 9.78. The molecule has 0 aliphatic carbocycles. The van der Waals surface area contributed by atoms with Crippen molar-refractivity contribution in [2.24, 2.45) is 5.10 Å². The number of aromatic amines is 1. The van der Waals surface area contributed by atoms with Crippen LogP contribution in [0.15, 0.2) is 58.8 Å². The monoisotopic (exact) mass is 438 g/mol. The van der Waals surface area contributed by atoms with E-state index in [4.69, 9.17) is 0 Å². The maximum atomic E-state index is 12.1. The molecule has 0 saturated carbocycles. The summed E-state index contributed by atoms with van der Waals surface area (Å²) in [4.78, 5) is 12.1. The van der Waals surface area contributed by atoms with E-state index in [-0.39, 0.29) is 22.8 Å². The van der Waals surface area contributed by atoms with Crippen LogP contribution >= 0.6 is 11.8 Å². The van der Waals surface area contributed by atoms with Crippen molar-refractivity contribution in [1.82, 2.24) is 15.6 Å². The topological polar surface area (TPSA) is 94.2 Å². The molecule has 1 heterocycles. The fourth-order valence-corrected chi connectivity index (χ4v) is 3.78. The van der Waals surface area contributed by atoms with Gasteiger partial charge in [0.25, 0.3) is 11.7 Å². The van der Waals surface area contributed by atoms with Crippen molar-refractivity contribution >= 4 is 23.9 Å². The number of hydrogen-bond acceptors (Lipinski definition) is 5. The highest BCUT2D eigenvalue weighted by Crippen LogP contribution is 2.25. The standard InChI is InChI=1S/C23H27N5O2S/c1-5-28-21(17-8-10-18(11-9-17)23(2,3)4)26-27-22(28)31-15-20(30)25-24-14-16-6-12-19(29)13-7-16/h6-14H,5,15H2,1-4H3,(H2,24,25,29,30)/p+1. The summed E-state index contributed by atoms with van der Waals surface area (Å²) in [5.41, 5.74) is 5.73. The number of phenolic OH excluding ortho intramolecular Hbond substituents is 1. The molecule has 162 valence electrons. The number of H-pyrrole nitrogens is 1. The highest BCUT2D eigenvalue weighted by molar-refractivity contribution is 7.99. The number of nitrogens with zero attached hydrogens (tertiary/aromatic N) is 3. The number of nitrogens with one attached hydrogen (secondary N) is 2. The Morgan fingerprint density at radius 2 is 1.87 bits per heavy atom. The van der Waals surface area contributed by atoms with Crippen LogP contribution in [0, 0.1) is 0 Å². The Morgan fingerprint density at radius 3 is 2.48 bits per heavy atom. The van der Waals surface area contributed by atoms with Gasteiger partial charge in [-0.05, 0) is 71.6 Å². The lowest BCUT2D eigenvalue weighted by Gasteiger charge is -2.18. The molecule has 0 radical (unpaired) electrons. The average molecular weight is 439 g/mol. The van der Waals surface area contributed by atoms with Gasteiger partial charge < -0.3 is 5.11 Å². The SMILES string of the molecule is CC[n+]1c(SCC(=O)N/N=C/c2ccc(O)cc2)n[nH]c1-c1ccc(C(C)(C)C)cc1. The molecule has 1 amide bonds. The van der Waals surface area contributed by atoms with Crippen LogP contribution in [0.5, 0.6) is 5.75 Å². The number of carbonyl (C=O) groups is 1. The van der Waals surface area contributed by atoms with Gasteiger partial charge in [-0.15, -0.1) is 5.10 Å². The van der Waals surface area contributed by atoms with Gasteiger partial charge in [-0.2, -0.15) is 5.10 Å². The minimum atomic E-state index is -0.221. The zero-order chi connectivity index (χ0) is 22.4. The van der Waals surface area contributed by atoms with E-state index in [2.05, 4.69) is 77.3 Å². The van der Waals surface area contributed by atoms with Gasteiger partial charge in [-0.1, -0.05) is 32.9 Å². The number of hydrazone groups is 1. The number of rotatable bonds is 7. The van der Waals surface area contributed by atoms with Crippen LogP contribution in [0.4, 0.5) is 0 Å². The Kier molecular flexibility index (Phi) is 7.12. The second-order valence-corrected chi connectivity index (χ2v) is 9.04. The molecule has 3 N–H and O–H groups in total. The van der Waals surface area contributed by atoms with E-state index in [9.17, 15) is 9.90 Å². The van der Waals surface area contributed by atoms with Crippen LogP contribution < -0.4 is 9.99 Å². The first kappa shape index (κ1) is 22.6. The van der Waals surface area contributed by atoms with Gasteiger partial charge in [0.2, 0.25) is 0 Å². The maximum Gasteiger partial charge on any atom is 0.337 e. The van der Waals surface area contributed by atoms with Crippen LogP contribution in [-0.2, 0) is 16.8 Å². The van der Waals surface area contributed by atoms with Crippen molar-refractivity contribution in [2.75, 3.05) is 5.75 Å². The molecule has 0 fully saturated rings. The molecular formula is C23H28N5O2S+. The van der Waals surface area contributed by atoms with Gasteiger partial charge >= 0.3 is 5.16 Å². The van der Waals surface area contributed by atoms with Crippen LogP contribution in [-0.4, -0.2) is 33.2 Å². The molecule has 8 heteroatoms. The summed E-state index contributed by atoms with van der Waals surface area (Å²) in [6.45, 7) is 9.36. The van der Waals surface area contributed by atoms with Crippen LogP contribution in [0.2, 0.25) is 0 Å². The molecule has 0 bridgehead atoms. The van der Waals surface area contributed by atoms with E-state index < -0.39 is 0 Å². The maximum absolute atomic E-state index is 12.1. The van der Waals surface area contributed by atoms with Crippen LogP contribution in [0.25, 0.3) is 11.4 Å². The van der Waals surface area contributed by atoms with Gasteiger partial charge in [0.1, 0.15) is 5.75 Å². The number of hydrogen-bond donors (Lipinski definition) is 3. The third-order valence-electron chi connectivity index (χ3n) is 4.73. The van der Waals surface area contributed by atoms with Gasteiger partial charge in [0.15, 0.2) is 0 Å². The largest absolute Gasteiger partial charge is 0.508 e. The molecule has 3 aromatic rings.